The molecule has 3 N–H and O–H groups in total. The van der Waals surface area contributed by atoms with E-state index in [1.807, 2.05) is 6.92 Å². The number of aryl methyl sites for hydroxylation is 2. The summed E-state index contributed by atoms with van der Waals surface area (Å²) in [6, 6.07) is 2.78. The van der Waals surface area contributed by atoms with Crippen molar-refractivity contribution in [2.24, 2.45) is 0 Å². The monoisotopic (exact) mass is 280 g/mol. The van der Waals surface area contributed by atoms with E-state index in [1.54, 1.807) is 6.92 Å². The summed E-state index contributed by atoms with van der Waals surface area (Å²) in [5, 5.41) is 6.52. The molecule has 0 atom stereocenters. The molecular weight excluding hydrogens is 266 g/mol. The van der Waals surface area contributed by atoms with Gasteiger partial charge in [0.2, 0.25) is 0 Å². The predicted molar refractivity (Wildman–Crippen MR) is 71.4 cm³/mol. The van der Waals surface area contributed by atoms with E-state index in [9.17, 15) is 13.6 Å². The van der Waals surface area contributed by atoms with Crippen molar-refractivity contribution >= 4 is 17.3 Å². The van der Waals surface area contributed by atoms with Gasteiger partial charge in [0.1, 0.15) is 17.3 Å². The Morgan fingerprint density at radius 2 is 1.95 bits per heavy atom. The lowest BCUT2D eigenvalue weighted by molar-refractivity contribution is 0.101. The van der Waals surface area contributed by atoms with Gasteiger partial charge in [0.05, 0.1) is 11.4 Å². The fourth-order valence-electron chi connectivity index (χ4n) is 1.88. The molecule has 5 nitrogen and oxygen atoms in total. The SMILES string of the molecule is CCn1nc(C)c(N)c1C(=O)Nc1cc(F)cc(F)c1. The molecule has 0 fully saturated rings. The number of anilines is 2. The molecule has 106 valence electrons. The highest BCUT2D eigenvalue weighted by molar-refractivity contribution is 6.06. The molecule has 0 aliphatic rings. The van der Waals surface area contributed by atoms with E-state index >= 15 is 0 Å². The van der Waals surface area contributed by atoms with Gasteiger partial charge in [-0.05, 0) is 26.0 Å². The largest absolute Gasteiger partial charge is 0.395 e. The van der Waals surface area contributed by atoms with Crippen LogP contribution in [0.25, 0.3) is 0 Å². The van der Waals surface area contributed by atoms with Gasteiger partial charge in [-0.15, -0.1) is 0 Å². The van der Waals surface area contributed by atoms with Gasteiger partial charge < -0.3 is 11.1 Å². The number of benzene rings is 1. The van der Waals surface area contributed by atoms with E-state index in [4.69, 9.17) is 5.73 Å². The quantitative estimate of drug-likeness (QED) is 0.906. The number of carbonyl (C=O) groups excluding carboxylic acids is 1. The third-order valence-corrected chi connectivity index (χ3v) is 2.81. The van der Waals surface area contributed by atoms with E-state index in [-0.39, 0.29) is 17.1 Å². The molecule has 7 heteroatoms. The predicted octanol–water partition coefficient (Wildman–Crippen LogP) is 2.32. The van der Waals surface area contributed by atoms with Crippen LogP contribution in [-0.4, -0.2) is 15.7 Å². The Kier molecular flexibility index (Phi) is 3.69. The molecule has 0 bridgehead atoms. The summed E-state index contributed by atoms with van der Waals surface area (Å²) in [7, 11) is 0. The first-order valence-corrected chi connectivity index (χ1v) is 6.02. The van der Waals surface area contributed by atoms with Crippen LogP contribution in [0, 0.1) is 18.6 Å². The zero-order chi connectivity index (χ0) is 14.9. The number of nitrogen functional groups attached to an aromatic ring is 1. The maximum atomic E-state index is 13.1. The second-order valence-electron chi connectivity index (χ2n) is 4.28. The maximum Gasteiger partial charge on any atom is 0.276 e. The molecule has 0 saturated heterocycles. The molecule has 1 aromatic heterocycles. The molecule has 0 radical (unpaired) electrons. The highest BCUT2D eigenvalue weighted by atomic mass is 19.1. The average molecular weight is 280 g/mol. The molecule has 1 aromatic carbocycles. The molecule has 1 amide bonds. The Balaban J connectivity index is 2.33. The number of hydrogen-bond donors (Lipinski definition) is 2. The van der Waals surface area contributed by atoms with E-state index in [2.05, 4.69) is 10.4 Å². The Morgan fingerprint density at radius 3 is 2.50 bits per heavy atom. The highest BCUT2D eigenvalue weighted by Gasteiger charge is 2.19. The number of amides is 1. The number of rotatable bonds is 3. The lowest BCUT2D eigenvalue weighted by Gasteiger charge is -2.08. The van der Waals surface area contributed by atoms with E-state index in [0.29, 0.717) is 12.2 Å². The second kappa shape index (κ2) is 5.28. The number of hydrogen-bond acceptors (Lipinski definition) is 3. The molecule has 0 aliphatic heterocycles. The Bertz CT molecular complexity index is 646. The van der Waals surface area contributed by atoms with Crippen molar-refractivity contribution in [3.8, 4) is 0 Å². The minimum absolute atomic E-state index is 0.0217. The van der Waals surface area contributed by atoms with E-state index in [0.717, 1.165) is 18.2 Å². The van der Waals surface area contributed by atoms with Crippen LogP contribution in [0.15, 0.2) is 18.2 Å². The molecule has 2 rings (SSSR count). The van der Waals surface area contributed by atoms with Gasteiger partial charge in [-0.25, -0.2) is 8.78 Å². The number of carbonyl (C=O) groups is 1. The average Bonchev–Trinajstić information content (AvgIpc) is 2.63. The van der Waals surface area contributed by atoms with Crippen LogP contribution < -0.4 is 11.1 Å². The topological polar surface area (TPSA) is 72.9 Å². The minimum atomic E-state index is -0.770. The van der Waals surface area contributed by atoms with Crippen LogP contribution in [0.5, 0.6) is 0 Å². The summed E-state index contributed by atoms with van der Waals surface area (Å²) in [6.07, 6.45) is 0. The summed E-state index contributed by atoms with van der Waals surface area (Å²) in [6.45, 7) is 3.95. The molecule has 0 saturated carbocycles. The summed E-state index contributed by atoms with van der Waals surface area (Å²) < 4.78 is 27.6. The molecule has 0 unspecified atom stereocenters. The van der Waals surface area contributed by atoms with Gasteiger partial charge in [-0.2, -0.15) is 5.10 Å². The van der Waals surface area contributed by atoms with Crippen LogP contribution >= 0.6 is 0 Å². The summed E-state index contributed by atoms with van der Waals surface area (Å²) >= 11 is 0. The molecule has 20 heavy (non-hydrogen) atoms. The third-order valence-electron chi connectivity index (χ3n) is 2.81. The van der Waals surface area contributed by atoms with Crippen molar-refractivity contribution < 1.29 is 13.6 Å². The van der Waals surface area contributed by atoms with Crippen LogP contribution in [0.1, 0.15) is 23.1 Å². The van der Waals surface area contributed by atoms with Gasteiger partial charge in [0, 0.05) is 18.3 Å². The second-order valence-corrected chi connectivity index (χ2v) is 4.28. The van der Waals surface area contributed by atoms with Gasteiger partial charge in [-0.3, -0.25) is 9.48 Å². The van der Waals surface area contributed by atoms with Gasteiger partial charge >= 0.3 is 0 Å². The zero-order valence-electron chi connectivity index (χ0n) is 11.1. The number of aromatic nitrogens is 2. The maximum absolute atomic E-state index is 13.1. The van der Waals surface area contributed by atoms with Crippen molar-refractivity contribution in [2.75, 3.05) is 11.1 Å². The zero-order valence-corrected chi connectivity index (χ0v) is 11.1. The first-order chi connectivity index (χ1) is 9.42. The van der Waals surface area contributed by atoms with Gasteiger partial charge in [0.25, 0.3) is 5.91 Å². The molecule has 0 aliphatic carbocycles. The van der Waals surface area contributed by atoms with E-state index < -0.39 is 17.5 Å². The van der Waals surface area contributed by atoms with Crippen molar-refractivity contribution in [1.29, 1.82) is 0 Å². The smallest absolute Gasteiger partial charge is 0.276 e. The number of nitrogens with two attached hydrogens (primary N) is 1. The fourth-order valence-corrected chi connectivity index (χ4v) is 1.88. The summed E-state index contributed by atoms with van der Waals surface area (Å²) in [4.78, 5) is 12.2. The third kappa shape index (κ3) is 2.61. The number of halogens is 2. The standard InChI is InChI=1S/C13H14F2N4O/c1-3-19-12(11(16)7(2)18-19)13(20)17-10-5-8(14)4-9(15)6-10/h4-6H,3,16H2,1-2H3,(H,17,20). The molecule has 2 aromatic rings. The van der Waals surface area contributed by atoms with Crippen LogP contribution in [0.3, 0.4) is 0 Å². The van der Waals surface area contributed by atoms with Crippen LogP contribution in [0.2, 0.25) is 0 Å². The lowest BCUT2D eigenvalue weighted by atomic mass is 10.2. The van der Waals surface area contributed by atoms with Crippen LogP contribution in [-0.2, 0) is 6.54 Å². The molecule has 1 heterocycles. The normalized spacial score (nSPS) is 10.6. The van der Waals surface area contributed by atoms with Gasteiger partial charge in [0.15, 0.2) is 0 Å². The Hall–Kier alpha value is -2.44. The number of nitrogens with one attached hydrogen (secondary N) is 1. The first-order valence-electron chi connectivity index (χ1n) is 6.02. The first kappa shape index (κ1) is 14.0. The Labute approximate surface area is 114 Å². The Morgan fingerprint density at radius 1 is 1.35 bits per heavy atom. The summed E-state index contributed by atoms with van der Waals surface area (Å²) in [5.41, 5.74) is 6.78. The van der Waals surface area contributed by atoms with Gasteiger partial charge in [-0.1, -0.05) is 0 Å². The molecule has 0 spiro atoms. The van der Waals surface area contributed by atoms with Crippen LogP contribution in [0.4, 0.5) is 20.2 Å². The minimum Gasteiger partial charge on any atom is -0.395 e. The fraction of sp³-hybridized carbons (Fsp3) is 0.231. The van der Waals surface area contributed by atoms with Crippen molar-refractivity contribution in [2.45, 2.75) is 20.4 Å². The van der Waals surface area contributed by atoms with Crippen molar-refractivity contribution in [1.82, 2.24) is 9.78 Å². The summed E-state index contributed by atoms with van der Waals surface area (Å²) in [5.74, 6) is -2.10. The molecular formula is C13H14F2N4O. The van der Waals surface area contributed by atoms with Crippen molar-refractivity contribution in [3.05, 3.63) is 41.2 Å². The lowest BCUT2D eigenvalue weighted by Crippen LogP contribution is -2.19. The number of nitrogens with zero attached hydrogens (tertiary/aromatic N) is 2. The van der Waals surface area contributed by atoms with Crippen molar-refractivity contribution in [3.63, 3.8) is 0 Å². The van der Waals surface area contributed by atoms with E-state index in [1.165, 1.54) is 4.68 Å². The highest BCUT2D eigenvalue weighted by Crippen LogP contribution is 2.19.